The molecule has 8 bridgehead atoms. The van der Waals surface area contributed by atoms with Crippen LogP contribution in [0.15, 0.2) is 67.1 Å². The Bertz CT molecular complexity index is 1500. The molecule has 0 amide bonds. The zero-order valence-corrected chi connectivity index (χ0v) is 25.3. The zero-order chi connectivity index (χ0) is 30.2. The van der Waals surface area contributed by atoms with Gasteiger partial charge in [-0.15, -0.1) is 0 Å². The molecule has 2 aliphatic heterocycles. The third-order valence-electron chi connectivity index (χ3n) is 7.10. The van der Waals surface area contributed by atoms with Crippen LogP contribution in [0.3, 0.4) is 0 Å². The van der Waals surface area contributed by atoms with Crippen LogP contribution < -0.4 is 21.9 Å². The number of H-pyrrole nitrogens is 2. The molecule has 0 spiro atoms. The van der Waals surface area contributed by atoms with Crippen molar-refractivity contribution in [3.05, 3.63) is 89.9 Å². The summed E-state index contributed by atoms with van der Waals surface area (Å²) in [5, 5.41) is 0. The Morgan fingerprint density at radius 2 is 1.09 bits per heavy atom. The Morgan fingerprint density at radius 3 is 1.57 bits per heavy atom. The highest BCUT2D eigenvalue weighted by Crippen LogP contribution is 2.17. The molecule has 4 aromatic rings. The number of hydrazine groups is 3. The fourth-order valence-corrected chi connectivity index (χ4v) is 4.86. The molecule has 0 aliphatic carbocycles. The molecule has 6 rings (SSSR count). The van der Waals surface area contributed by atoms with Crippen LogP contribution >= 0.6 is 0 Å². The van der Waals surface area contributed by atoms with Crippen molar-refractivity contribution in [1.82, 2.24) is 46.4 Å². The number of hydrogen-bond donors (Lipinski definition) is 6. The Hall–Kier alpha value is -4.64. The summed E-state index contributed by atoms with van der Waals surface area (Å²) in [5.74, 6) is 0.675. The van der Waals surface area contributed by atoms with Gasteiger partial charge in [0.2, 0.25) is 0 Å². The lowest BCUT2D eigenvalue weighted by molar-refractivity contribution is 0.449. The third-order valence-corrected chi connectivity index (χ3v) is 7.10. The largest absolute Gasteiger partial charge is 0.355 e. The zero-order valence-electron chi connectivity index (χ0n) is 25.3. The van der Waals surface area contributed by atoms with Crippen molar-refractivity contribution < 1.29 is 0 Å². The van der Waals surface area contributed by atoms with Gasteiger partial charge in [0.05, 0.1) is 29.0 Å². The molecule has 0 radical (unpaired) electrons. The maximum Gasteiger partial charge on any atom is 0.159 e. The monoisotopic (exact) mass is 590 g/mol. The highest BCUT2D eigenvalue weighted by Gasteiger charge is 2.01. The minimum atomic E-state index is 0.675. The molecule has 0 unspecified atom stereocenters. The molecule has 0 atom stereocenters. The number of nitrogens with zero attached hydrogens (tertiary/aromatic N) is 4. The molecule has 6 N–H and O–H groups in total. The lowest BCUT2D eigenvalue weighted by Crippen LogP contribution is -2.46. The quantitative estimate of drug-likeness (QED) is 0.0615. The summed E-state index contributed by atoms with van der Waals surface area (Å²) in [5.41, 5.74) is 19.5. The van der Waals surface area contributed by atoms with E-state index in [0.29, 0.717) is 5.82 Å². The average Bonchev–Trinajstić information content (AvgIpc) is 3.86. The Kier molecular flexibility index (Phi) is 11.8. The fourth-order valence-electron chi connectivity index (χ4n) is 4.86. The molecule has 10 heteroatoms. The number of aromatic amines is 2. The van der Waals surface area contributed by atoms with Crippen molar-refractivity contribution in [2.24, 2.45) is 0 Å². The molecule has 44 heavy (non-hydrogen) atoms. The van der Waals surface area contributed by atoms with Crippen LogP contribution in [-0.4, -0.2) is 36.4 Å². The van der Waals surface area contributed by atoms with E-state index in [-0.39, 0.29) is 0 Å². The van der Waals surface area contributed by atoms with Gasteiger partial charge in [-0.2, -0.15) is 11.1 Å². The van der Waals surface area contributed by atoms with E-state index in [2.05, 4.69) is 83.0 Å². The average molecular weight is 591 g/mol. The minimum Gasteiger partial charge on any atom is -0.355 e. The summed E-state index contributed by atoms with van der Waals surface area (Å²) >= 11 is 0. The molecule has 0 saturated carbocycles. The molecule has 0 aromatic carbocycles. The topological polar surface area (TPSA) is 131 Å². The first-order chi connectivity index (χ1) is 21.7. The summed E-state index contributed by atoms with van der Waals surface area (Å²) < 4.78 is 0. The summed E-state index contributed by atoms with van der Waals surface area (Å²) in [6.45, 7) is 3.20. The fraction of sp³-hybridized carbons (Fsp3) is 0.294. The number of anilines is 1. The third kappa shape index (κ3) is 10.3. The van der Waals surface area contributed by atoms with Gasteiger partial charge in [0, 0.05) is 41.0 Å². The second-order valence-electron chi connectivity index (χ2n) is 10.8. The molecule has 4 aromatic heterocycles. The van der Waals surface area contributed by atoms with Crippen molar-refractivity contribution in [3.8, 4) is 0 Å². The summed E-state index contributed by atoms with van der Waals surface area (Å²) in [6, 6.07) is 16.4. The second-order valence-corrected chi connectivity index (χ2v) is 10.8. The van der Waals surface area contributed by atoms with Crippen LogP contribution in [0.25, 0.3) is 46.4 Å². The van der Waals surface area contributed by atoms with Gasteiger partial charge in [0.25, 0.3) is 0 Å². The molecule has 6 heterocycles. The lowest BCUT2D eigenvalue weighted by Gasteiger charge is -2.09. The smallest absolute Gasteiger partial charge is 0.159 e. The number of unbranched alkanes of at least 4 members (excludes halogenated alkanes) is 7. The van der Waals surface area contributed by atoms with Gasteiger partial charge in [-0.1, -0.05) is 51.9 Å². The Labute approximate surface area is 258 Å². The minimum absolute atomic E-state index is 0.675. The SMILES string of the molecule is C1=Cc2cc3ccc(cc4nc(cc5ccc(cc1n2)[nH]5)C=C4)[nH]3.CCCCCCCCCCNNNNc1cnccn1. The Morgan fingerprint density at radius 1 is 0.591 bits per heavy atom. The molecule has 2 aliphatic rings. The van der Waals surface area contributed by atoms with E-state index >= 15 is 0 Å². The van der Waals surface area contributed by atoms with Crippen LogP contribution in [0.2, 0.25) is 0 Å². The number of fused-ring (bicyclic) bond motifs is 8. The summed E-state index contributed by atoms with van der Waals surface area (Å²) in [7, 11) is 0. The molecule has 0 saturated heterocycles. The molecule has 10 nitrogen and oxygen atoms in total. The normalized spacial score (nSPS) is 11.8. The standard InChI is InChI=1S/C20H14N4.C14H28N6/c1-2-14-10-16-5-6-18(23-16)12-20-8-7-19(24-20)11-17-4-3-15(22-17)9-13(1)21-14;1-2-3-4-5-6-7-8-9-10-17-19-20-18-14-13-15-11-12-16-14/h1-12,21,24H;11-13,17,19-20H,2-10H2,1H3,(H,16,18). The first-order valence-corrected chi connectivity index (χ1v) is 15.5. The number of aromatic nitrogens is 6. The van der Waals surface area contributed by atoms with Gasteiger partial charge in [0.1, 0.15) is 0 Å². The summed E-state index contributed by atoms with van der Waals surface area (Å²) in [4.78, 5) is 24.0. The first kappa shape index (κ1) is 30.8. The maximum atomic E-state index is 4.63. The van der Waals surface area contributed by atoms with Gasteiger partial charge in [0.15, 0.2) is 5.82 Å². The number of rotatable bonds is 13. The van der Waals surface area contributed by atoms with E-state index in [9.17, 15) is 0 Å². The number of nitrogens with one attached hydrogen (secondary N) is 6. The predicted molar refractivity (Wildman–Crippen MR) is 181 cm³/mol. The van der Waals surface area contributed by atoms with Crippen LogP contribution in [0.1, 0.15) is 81.1 Å². The molecule has 228 valence electrons. The first-order valence-electron chi connectivity index (χ1n) is 15.5. The highest BCUT2D eigenvalue weighted by atomic mass is 15.7. The van der Waals surface area contributed by atoms with Gasteiger partial charge in [-0.3, -0.25) is 10.4 Å². The lowest BCUT2D eigenvalue weighted by atomic mass is 10.1. The predicted octanol–water partition coefficient (Wildman–Crippen LogP) is 7.20. The summed E-state index contributed by atoms with van der Waals surface area (Å²) in [6.07, 6.45) is 23.7. The van der Waals surface area contributed by atoms with E-state index in [0.717, 1.165) is 51.4 Å². The van der Waals surface area contributed by atoms with E-state index in [1.54, 1.807) is 18.6 Å². The van der Waals surface area contributed by atoms with Gasteiger partial charge >= 0.3 is 0 Å². The van der Waals surface area contributed by atoms with Crippen molar-refractivity contribution in [3.63, 3.8) is 0 Å². The van der Waals surface area contributed by atoms with Gasteiger partial charge < -0.3 is 9.97 Å². The number of hydrogen-bond acceptors (Lipinski definition) is 8. The van der Waals surface area contributed by atoms with E-state index in [1.807, 2.05) is 48.6 Å². The van der Waals surface area contributed by atoms with Crippen LogP contribution in [0, 0.1) is 0 Å². The van der Waals surface area contributed by atoms with Crippen LogP contribution in [-0.2, 0) is 0 Å². The molecular weight excluding hydrogens is 548 g/mol. The van der Waals surface area contributed by atoms with Gasteiger partial charge in [-0.25, -0.2) is 20.4 Å². The van der Waals surface area contributed by atoms with Crippen molar-refractivity contribution in [2.45, 2.75) is 58.3 Å². The van der Waals surface area contributed by atoms with Gasteiger partial charge in [-0.05, 0) is 79.3 Å². The van der Waals surface area contributed by atoms with Crippen molar-refractivity contribution in [1.29, 1.82) is 0 Å². The Balaban J connectivity index is 0.000000179. The van der Waals surface area contributed by atoms with Crippen LogP contribution in [0.4, 0.5) is 5.82 Å². The maximum absolute atomic E-state index is 4.63. The van der Waals surface area contributed by atoms with E-state index in [4.69, 9.17) is 0 Å². The molecule has 0 fully saturated rings. The molecular formula is C34H42N10. The van der Waals surface area contributed by atoms with E-state index in [1.165, 1.54) is 51.4 Å². The second kappa shape index (κ2) is 16.9. The highest BCUT2D eigenvalue weighted by molar-refractivity contribution is 5.77. The van der Waals surface area contributed by atoms with Crippen LogP contribution in [0.5, 0.6) is 0 Å². The van der Waals surface area contributed by atoms with E-state index < -0.39 is 0 Å². The van der Waals surface area contributed by atoms with Crippen molar-refractivity contribution >= 4 is 52.2 Å². The van der Waals surface area contributed by atoms with Crippen molar-refractivity contribution in [2.75, 3.05) is 12.0 Å².